The van der Waals surface area contributed by atoms with Crippen molar-refractivity contribution in [3.8, 4) is 0 Å². The second-order valence-corrected chi connectivity index (χ2v) is 9.26. The zero-order valence-electron chi connectivity index (χ0n) is 17.5. The summed E-state index contributed by atoms with van der Waals surface area (Å²) in [6.45, 7) is 6.46. The van der Waals surface area contributed by atoms with Gasteiger partial charge in [-0.15, -0.1) is 0 Å². The molecule has 0 spiro atoms. The quantitative estimate of drug-likeness (QED) is 0.461. The van der Waals surface area contributed by atoms with E-state index in [4.69, 9.17) is 4.98 Å². The summed E-state index contributed by atoms with van der Waals surface area (Å²) in [5, 5.41) is 1.19. The van der Waals surface area contributed by atoms with E-state index in [1.807, 2.05) is 59.5 Å². The van der Waals surface area contributed by atoms with Crippen molar-refractivity contribution in [2.45, 2.75) is 32.0 Å². The second kappa shape index (κ2) is 9.04. The van der Waals surface area contributed by atoms with Crippen molar-refractivity contribution >= 4 is 28.6 Å². The lowest BCUT2D eigenvalue weighted by atomic mass is 9.92. The minimum absolute atomic E-state index is 0.0698. The van der Waals surface area contributed by atoms with E-state index < -0.39 is 0 Å². The van der Waals surface area contributed by atoms with E-state index in [1.165, 1.54) is 18.2 Å². The molecule has 2 atom stereocenters. The van der Waals surface area contributed by atoms with Crippen LogP contribution in [0.3, 0.4) is 0 Å². The van der Waals surface area contributed by atoms with Crippen molar-refractivity contribution in [1.82, 2.24) is 14.5 Å². The largest absolute Gasteiger partial charge is 0.341 e. The van der Waals surface area contributed by atoms with Gasteiger partial charge in [0.15, 0.2) is 5.16 Å². The number of nitrogens with zero attached hydrogens (tertiary/aromatic N) is 3. The molecule has 1 amide bonds. The molecule has 0 saturated carbocycles. The second-order valence-electron chi connectivity index (χ2n) is 8.32. The highest BCUT2D eigenvalue weighted by atomic mass is 32.2. The van der Waals surface area contributed by atoms with Gasteiger partial charge in [0.2, 0.25) is 5.91 Å². The van der Waals surface area contributed by atoms with Gasteiger partial charge in [0.25, 0.3) is 5.56 Å². The Morgan fingerprint density at radius 3 is 2.43 bits per heavy atom. The molecule has 6 heteroatoms. The highest BCUT2D eigenvalue weighted by molar-refractivity contribution is 7.99. The Hall–Kier alpha value is -2.60. The summed E-state index contributed by atoms with van der Waals surface area (Å²) in [5.41, 5.74) is 1.63. The first-order valence-corrected chi connectivity index (χ1v) is 11.4. The van der Waals surface area contributed by atoms with Crippen LogP contribution >= 0.6 is 11.8 Å². The number of hydrogen-bond donors (Lipinski definition) is 0. The number of hydrogen-bond acceptors (Lipinski definition) is 4. The number of carbonyl (C=O) groups is 1. The molecule has 1 fully saturated rings. The topological polar surface area (TPSA) is 55.2 Å². The maximum Gasteiger partial charge on any atom is 0.262 e. The maximum atomic E-state index is 13.2. The standard InChI is InChI=1S/C24H27N3O2S/c1-17-12-18(2)14-26(13-17)22(28)16-30-24-25-21-11-7-6-10-20(21)23(29)27(24)15-19-8-4-3-5-9-19/h3-11,17-18H,12-16H2,1-2H3. The minimum Gasteiger partial charge on any atom is -0.341 e. The lowest BCUT2D eigenvalue weighted by Crippen LogP contribution is -2.43. The third kappa shape index (κ3) is 4.59. The number of para-hydroxylation sites is 1. The van der Waals surface area contributed by atoms with Crippen LogP contribution < -0.4 is 5.56 Å². The van der Waals surface area contributed by atoms with E-state index in [-0.39, 0.29) is 11.5 Å². The van der Waals surface area contributed by atoms with Crippen LogP contribution in [-0.4, -0.2) is 39.2 Å². The minimum atomic E-state index is -0.0698. The summed E-state index contributed by atoms with van der Waals surface area (Å²) >= 11 is 1.36. The van der Waals surface area contributed by atoms with Gasteiger partial charge in [0.1, 0.15) is 0 Å². The van der Waals surface area contributed by atoms with Crippen molar-refractivity contribution in [2.75, 3.05) is 18.8 Å². The average Bonchev–Trinajstić information content (AvgIpc) is 2.74. The van der Waals surface area contributed by atoms with E-state index in [2.05, 4.69) is 13.8 Å². The normalized spacial score (nSPS) is 19.2. The number of fused-ring (bicyclic) bond motifs is 1. The molecule has 3 aromatic rings. The predicted octanol–water partition coefficient (Wildman–Crippen LogP) is 4.04. The summed E-state index contributed by atoms with van der Waals surface area (Å²) < 4.78 is 1.69. The van der Waals surface area contributed by atoms with Gasteiger partial charge in [-0.25, -0.2) is 4.98 Å². The van der Waals surface area contributed by atoms with Crippen molar-refractivity contribution in [3.05, 3.63) is 70.5 Å². The summed E-state index contributed by atoms with van der Waals surface area (Å²) in [6, 6.07) is 17.3. The molecule has 0 aliphatic carbocycles. The molecule has 5 nitrogen and oxygen atoms in total. The van der Waals surface area contributed by atoms with Gasteiger partial charge in [0, 0.05) is 13.1 Å². The molecule has 0 bridgehead atoms. The molecule has 2 aromatic carbocycles. The zero-order valence-corrected chi connectivity index (χ0v) is 18.3. The fourth-order valence-electron chi connectivity index (χ4n) is 4.25. The average molecular weight is 422 g/mol. The van der Waals surface area contributed by atoms with Crippen LogP contribution in [0.4, 0.5) is 0 Å². The molecule has 1 aliphatic rings. The molecule has 30 heavy (non-hydrogen) atoms. The molecule has 156 valence electrons. The lowest BCUT2D eigenvalue weighted by Gasteiger charge is -2.35. The van der Waals surface area contributed by atoms with E-state index >= 15 is 0 Å². The smallest absolute Gasteiger partial charge is 0.262 e. The van der Waals surface area contributed by atoms with Gasteiger partial charge in [0.05, 0.1) is 23.2 Å². The van der Waals surface area contributed by atoms with Crippen LogP contribution in [0.15, 0.2) is 64.5 Å². The Labute approximate surface area is 181 Å². The number of aromatic nitrogens is 2. The van der Waals surface area contributed by atoms with Crippen LogP contribution in [-0.2, 0) is 11.3 Å². The first-order chi connectivity index (χ1) is 14.5. The van der Waals surface area contributed by atoms with Gasteiger partial charge in [-0.1, -0.05) is 68.1 Å². The molecule has 1 aromatic heterocycles. The molecule has 0 radical (unpaired) electrons. The van der Waals surface area contributed by atoms with Crippen molar-refractivity contribution in [1.29, 1.82) is 0 Å². The Bertz CT molecular complexity index is 1090. The van der Waals surface area contributed by atoms with E-state index in [0.29, 0.717) is 40.2 Å². The van der Waals surface area contributed by atoms with Gasteiger partial charge in [-0.05, 0) is 36.0 Å². The summed E-state index contributed by atoms with van der Waals surface area (Å²) in [5.74, 6) is 1.46. The summed E-state index contributed by atoms with van der Waals surface area (Å²) in [7, 11) is 0. The number of carbonyl (C=O) groups excluding carboxylic acids is 1. The third-order valence-corrected chi connectivity index (χ3v) is 6.52. The molecule has 4 rings (SSSR count). The summed E-state index contributed by atoms with van der Waals surface area (Å²) in [6.07, 6.45) is 1.17. The number of benzene rings is 2. The van der Waals surface area contributed by atoms with Gasteiger partial charge in [-0.2, -0.15) is 0 Å². The lowest BCUT2D eigenvalue weighted by molar-refractivity contribution is -0.130. The number of amides is 1. The zero-order chi connectivity index (χ0) is 21.1. The molecular formula is C24H27N3O2S. The molecular weight excluding hydrogens is 394 g/mol. The Morgan fingerprint density at radius 1 is 1.03 bits per heavy atom. The van der Waals surface area contributed by atoms with Crippen molar-refractivity contribution in [3.63, 3.8) is 0 Å². The molecule has 1 saturated heterocycles. The Morgan fingerprint density at radius 2 is 1.70 bits per heavy atom. The van der Waals surface area contributed by atoms with Crippen LogP contribution in [0.2, 0.25) is 0 Å². The highest BCUT2D eigenvalue weighted by Gasteiger charge is 2.25. The fraction of sp³-hybridized carbons (Fsp3) is 0.375. The monoisotopic (exact) mass is 421 g/mol. The maximum absolute atomic E-state index is 13.2. The first-order valence-electron chi connectivity index (χ1n) is 10.5. The molecule has 2 heterocycles. The van der Waals surface area contributed by atoms with E-state index in [1.54, 1.807) is 4.57 Å². The predicted molar refractivity (Wildman–Crippen MR) is 122 cm³/mol. The van der Waals surface area contributed by atoms with Gasteiger partial charge >= 0.3 is 0 Å². The van der Waals surface area contributed by atoms with Crippen LogP contribution in [0.25, 0.3) is 10.9 Å². The van der Waals surface area contributed by atoms with E-state index in [0.717, 1.165) is 18.7 Å². The van der Waals surface area contributed by atoms with Crippen LogP contribution in [0.1, 0.15) is 25.8 Å². The number of rotatable bonds is 5. The first kappa shape index (κ1) is 20.7. The Balaban J connectivity index is 1.61. The number of thioether (sulfide) groups is 1. The van der Waals surface area contributed by atoms with Crippen molar-refractivity contribution < 1.29 is 4.79 Å². The summed E-state index contributed by atoms with van der Waals surface area (Å²) in [4.78, 5) is 32.8. The van der Waals surface area contributed by atoms with Crippen molar-refractivity contribution in [2.24, 2.45) is 11.8 Å². The fourth-order valence-corrected chi connectivity index (χ4v) is 5.15. The van der Waals surface area contributed by atoms with Gasteiger partial charge < -0.3 is 4.90 Å². The Kier molecular flexibility index (Phi) is 6.23. The van der Waals surface area contributed by atoms with Crippen LogP contribution in [0.5, 0.6) is 0 Å². The molecule has 2 unspecified atom stereocenters. The molecule has 0 N–H and O–H groups in total. The highest BCUT2D eigenvalue weighted by Crippen LogP contribution is 2.24. The molecule has 1 aliphatic heterocycles. The number of piperidine rings is 1. The third-order valence-electron chi connectivity index (χ3n) is 5.56. The van der Waals surface area contributed by atoms with Gasteiger partial charge in [-0.3, -0.25) is 14.2 Å². The van der Waals surface area contributed by atoms with E-state index in [9.17, 15) is 9.59 Å². The van der Waals surface area contributed by atoms with Crippen LogP contribution in [0, 0.1) is 11.8 Å². The number of likely N-dealkylation sites (tertiary alicyclic amines) is 1. The SMILES string of the molecule is CC1CC(C)CN(C(=O)CSc2nc3ccccc3c(=O)n2Cc2ccccc2)C1.